The van der Waals surface area contributed by atoms with Gasteiger partial charge in [0.05, 0.1) is 6.07 Å². The van der Waals surface area contributed by atoms with Crippen molar-refractivity contribution >= 4 is 0 Å². The van der Waals surface area contributed by atoms with Crippen LogP contribution in [-0.2, 0) is 0 Å². The van der Waals surface area contributed by atoms with E-state index in [1.807, 2.05) is 13.8 Å². The molecule has 3 atom stereocenters. The van der Waals surface area contributed by atoms with Crippen molar-refractivity contribution in [3.8, 4) is 18.4 Å². The molecule has 0 aliphatic carbocycles. The fourth-order valence-electron chi connectivity index (χ4n) is 2.17. The Morgan fingerprint density at radius 3 is 2.87 bits per heavy atom. The van der Waals surface area contributed by atoms with E-state index >= 15 is 0 Å². The van der Waals surface area contributed by atoms with E-state index in [9.17, 15) is 5.11 Å². The molecule has 15 heavy (non-hydrogen) atoms. The number of nitrogens with one attached hydrogen (secondary N) is 1. The molecule has 0 aromatic carbocycles. The normalized spacial score (nSPS) is 40.5. The van der Waals surface area contributed by atoms with Crippen LogP contribution in [-0.4, -0.2) is 23.3 Å². The lowest BCUT2D eigenvalue weighted by molar-refractivity contribution is -0.0640. The van der Waals surface area contributed by atoms with E-state index in [0.717, 1.165) is 0 Å². The molecule has 1 saturated heterocycles. The Labute approximate surface area is 91.5 Å². The van der Waals surface area contributed by atoms with E-state index in [0.29, 0.717) is 25.8 Å². The smallest absolute Gasteiger partial charge is 0.133 e. The van der Waals surface area contributed by atoms with Crippen LogP contribution < -0.4 is 5.32 Å². The molecule has 0 saturated carbocycles. The molecule has 0 amide bonds. The van der Waals surface area contributed by atoms with Crippen molar-refractivity contribution in [3.63, 3.8) is 0 Å². The number of aliphatic hydroxyl groups is 1. The maximum atomic E-state index is 10.4. The van der Waals surface area contributed by atoms with Crippen LogP contribution in [0.2, 0.25) is 0 Å². The summed E-state index contributed by atoms with van der Waals surface area (Å²) in [7, 11) is 0. The Balaban J connectivity index is 2.87. The van der Waals surface area contributed by atoms with Crippen LogP contribution in [0.3, 0.4) is 0 Å². The Morgan fingerprint density at radius 1 is 1.67 bits per heavy atom. The van der Waals surface area contributed by atoms with Gasteiger partial charge in [-0.1, -0.05) is 12.8 Å². The summed E-state index contributed by atoms with van der Waals surface area (Å²) < 4.78 is 0. The van der Waals surface area contributed by atoms with Gasteiger partial charge >= 0.3 is 0 Å². The van der Waals surface area contributed by atoms with Crippen LogP contribution in [0.5, 0.6) is 0 Å². The second-order valence-electron chi connectivity index (χ2n) is 4.71. The number of terminal acetylenes is 1. The molecule has 0 spiro atoms. The van der Waals surface area contributed by atoms with Gasteiger partial charge in [-0.05, 0) is 13.3 Å². The summed E-state index contributed by atoms with van der Waals surface area (Å²) in [4.78, 5) is 0. The van der Waals surface area contributed by atoms with Gasteiger partial charge in [0.2, 0.25) is 0 Å². The second-order valence-corrected chi connectivity index (χ2v) is 4.71. The van der Waals surface area contributed by atoms with Gasteiger partial charge in [-0.2, -0.15) is 5.26 Å². The maximum absolute atomic E-state index is 10.4. The highest BCUT2D eigenvalue weighted by Gasteiger charge is 2.48. The molecule has 0 aromatic rings. The highest BCUT2D eigenvalue weighted by atomic mass is 16.3. The number of nitriles is 1. The van der Waals surface area contributed by atoms with E-state index in [1.54, 1.807) is 0 Å². The van der Waals surface area contributed by atoms with Crippen LogP contribution in [0.25, 0.3) is 0 Å². The van der Waals surface area contributed by atoms with Gasteiger partial charge < -0.3 is 10.4 Å². The molecule has 1 heterocycles. The van der Waals surface area contributed by atoms with Gasteiger partial charge in [-0.15, -0.1) is 6.42 Å². The van der Waals surface area contributed by atoms with Crippen molar-refractivity contribution in [2.45, 2.75) is 44.8 Å². The number of piperidine rings is 1. The largest absolute Gasteiger partial charge is 0.377 e. The third kappa shape index (κ3) is 2.15. The first-order valence-electron chi connectivity index (χ1n) is 5.28. The zero-order valence-corrected chi connectivity index (χ0v) is 9.38. The summed E-state index contributed by atoms with van der Waals surface area (Å²) in [6.45, 7) is 4.62. The molecule has 3 nitrogen and oxygen atoms in total. The minimum absolute atomic E-state index is 0.223. The Hall–Kier alpha value is -1.03. The molecule has 2 N–H and O–H groups in total. The SMILES string of the molecule is C#C[C@@]1(O)C[C@@H](C)NC[C@]1(C)CCC#N. The minimum atomic E-state index is -1.09. The lowest BCUT2D eigenvalue weighted by Gasteiger charge is -2.47. The average Bonchev–Trinajstić information content (AvgIpc) is 2.22. The third-order valence-electron chi connectivity index (χ3n) is 3.47. The monoisotopic (exact) mass is 206 g/mol. The Kier molecular flexibility index (Phi) is 3.39. The number of hydrogen-bond acceptors (Lipinski definition) is 3. The van der Waals surface area contributed by atoms with Crippen molar-refractivity contribution in [2.75, 3.05) is 6.54 Å². The summed E-state index contributed by atoms with van der Waals surface area (Å²) >= 11 is 0. The van der Waals surface area contributed by atoms with Crippen molar-refractivity contribution in [1.29, 1.82) is 5.26 Å². The van der Waals surface area contributed by atoms with Gasteiger partial charge in [0, 0.05) is 30.8 Å². The first-order chi connectivity index (χ1) is 6.97. The van der Waals surface area contributed by atoms with E-state index in [2.05, 4.69) is 17.3 Å². The molecule has 1 fully saturated rings. The fourth-order valence-corrected chi connectivity index (χ4v) is 2.17. The van der Waals surface area contributed by atoms with E-state index in [4.69, 9.17) is 11.7 Å². The van der Waals surface area contributed by atoms with E-state index in [1.165, 1.54) is 0 Å². The maximum Gasteiger partial charge on any atom is 0.133 e. The predicted octanol–water partition coefficient (Wildman–Crippen LogP) is 1.04. The topological polar surface area (TPSA) is 56.0 Å². The molecule has 1 aliphatic rings. The number of rotatable bonds is 2. The summed E-state index contributed by atoms with van der Waals surface area (Å²) in [6, 6.07) is 2.33. The molecule has 1 rings (SSSR count). The van der Waals surface area contributed by atoms with Crippen molar-refractivity contribution in [2.24, 2.45) is 5.41 Å². The third-order valence-corrected chi connectivity index (χ3v) is 3.47. The van der Waals surface area contributed by atoms with Gasteiger partial charge in [0.15, 0.2) is 0 Å². The quantitative estimate of drug-likeness (QED) is 0.664. The lowest BCUT2D eigenvalue weighted by Crippen LogP contribution is -2.59. The van der Waals surface area contributed by atoms with Gasteiger partial charge in [0.1, 0.15) is 5.60 Å². The highest BCUT2D eigenvalue weighted by molar-refractivity contribution is 5.19. The van der Waals surface area contributed by atoms with E-state index < -0.39 is 11.0 Å². The summed E-state index contributed by atoms with van der Waals surface area (Å²) in [5.74, 6) is 2.52. The van der Waals surface area contributed by atoms with Crippen LogP contribution >= 0.6 is 0 Å². The summed E-state index contributed by atoms with van der Waals surface area (Å²) in [5, 5.41) is 22.3. The Morgan fingerprint density at radius 2 is 2.33 bits per heavy atom. The fraction of sp³-hybridized carbons (Fsp3) is 0.750. The average molecular weight is 206 g/mol. The highest BCUT2D eigenvalue weighted by Crippen LogP contribution is 2.41. The summed E-state index contributed by atoms with van der Waals surface area (Å²) in [5.41, 5.74) is -1.49. The van der Waals surface area contributed by atoms with Crippen LogP contribution in [0.1, 0.15) is 33.1 Å². The molecular weight excluding hydrogens is 188 g/mol. The van der Waals surface area contributed by atoms with Gasteiger partial charge in [-0.25, -0.2) is 0 Å². The molecule has 0 radical (unpaired) electrons. The first-order valence-corrected chi connectivity index (χ1v) is 5.28. The Bertz CT molecular complexity index is 315. The lowest BCUT2D eigenvalue weighted by atomic mass is 9.65. The second kappa shape index (κ2) is 4.23. The standard InChI is InChI=1S/C12H18N2O/c1-4-12(15)8-10(2)14-9-11(12,3)6-5-7-13/h1,10,14-15H,5-6,8-9H2,2-3H3/t10-,11+,12-/m1/s1. The van der Waals surface area contributed by atoms with Crippen molar-refractivity contribution in [3.05, 3.63) is 0 Å². The van der Waals surface area contributed by atoms with Crippen molar-refractivity contribution < 1.29 is 5.11 Å². The minimum Gasteiger partial charge on any atom is -0.377 e. The van der Waals surface area contributed by atoms with Crippen LogP contribution in [0.15, 0.2) is 0 Å². The molecule has 0 unspecified atom stereocenters. The molecule has 0 bridgehead atoms. The zero-order chi connectivity index (χ0) is 11.5. The zero-order valence-electron chi connectivity index (χ0n) is 9.38. The van der Waals surface area contributed by atoms with Crippen LogP contribution in [0, 0.1) is 29.1 Å². The predicted molar refractivity (Wildman–Crippen MR) is 58.8 cm³/mol. The van der Waals surface area contributed by atoms with E-state index in [-0.39, 0.29) is 6.04 Å². The van der Waals surface area contributed by atoms with Crippen molar-refractivity contribution in [1.82, 2.24) is 5.32 Å². The number of nitrogens with zero attached hydrogens (tertiary/aromatic N) is 1. The molecule has 3 heteroatoms. The molecule has 0 aromatic heterocycles. The van der Waals surface area contributed by atoms with Gasteiger partial charge in [0.25, 0.3) is 0 Å². The molecular formula is C12H18N2O. The number of hydrogen-bond donors (Lipinski definition) is 2. The van der Waals surface area contributed by atoms with Gasteiger partial charge in [-0.3, -0.25) is 0 Å². The molecule has 1 aliphatic heterocycles. The van der Waals surface area contributed by atoms with Crippen LogP contribution in [0.4, 0.5) is 0 Å². The summed E-state index contributed by atoms with van der Waals surface area (Å²) in [6.07, 6.45) is 7.04. The molecule has 82 valence electrons. The first kappa shape index (κ1) is 12.0.